The highest BCUT2D eigenvalue weighted by atomic mass is 32.2. The Morgan fingerprint density at radius 3 is 2.42 bits per heavy atom. The minimum atomic E-state index is -0.421. The van der Waals surface area contributed by atoms with Crippen LogP contribution in [-0.4, -0.2) is 28.0 Å². The van der Waals surface area contributed by atoms with Gasteiger partial charge in [-0.1, -0.05) is 72.4 Å². The molecule has 0 radical (unpaired) electrons. The van der Waals surface area contributed by atoms with Crippen LogP contribution in [0, 0.1) is 0 Å². The fourth-order valence-corrected chi connectivity index (χ4v) is 4.88. The topological polar surface area (TPSA) is 71.0 Å². The Hall–Kier alpha value is -3.32. The Bertz CT molecular complexity index is 1120. The quantitative estimate of drug-likeness (QED) is 0.593. The number of nitrogens with zero attached hydrogens (tertiary/aromatic N) is 2. The zero-order valence-corrected chi connectivity index (χ0v) is 19.8. The van der Waals surface area contributed by atoms with E-state index in [2.05, 4.69) is 5.32 Å². The van der Waals surface area contributed by atoms with Crippen LogP contribution < -0.4 is 5.32 Å². The third-order valence-electron chi connectivity index (χ3n) is 5.34. The lowest BCUT2D eigenvalue weighted by atomic mass is 9.94. The Kier molecular flexibility index (Phi) is 6.99. The average molecular weight is 462 g/mol. The first kappa shape index (κ1) is 22.9. The van der Waals surface area contributed by atoms with Crippen LogP contribution >= 0.6 is 11.8 Å². The van der Waals surface area contributed by atoms with E-state index in [4.69, 9.17) is 9.73 Å². The number of benzene rings is 2. The van der Waals surface area contributed by atoms with E-state index in [0.29, 0.717) is 11.3 Å². The third kappa shape index (κ3) is 5.20. The van der Waals surface area contributed by atoms with E-state index in [1.807, 2.05) is 91.7 Å². The molecule has 1 atom stereocenters. The number of amidine groups is 1. The van der Waals surface area contributed by atoms with Gasteiger partial charge in [0.25, 0.3) is 0 Å². The lowest BCUT2D eigenvalue weighted by Crippen LogP contribution is -2.38. The Labute approximate surface area is 198 Å². The first-order valence-electron chi connectivity index (χ1n) is 10.9. The number of thioether (sulfide) groups is 1. The van der Waals surface area contributed by atoms with Gasteiger partial charge in [0.15, 0.2) is 5.17 Å². The number of rotatable bonds is 7. The zero-order valence-electron chi connectivity index (χ0n) is 18.9. The number of allylic oxidation sites excluding steroid dienone is 1. The predicted molar refractivity (Wildman–Crippen MR) is 131 cm³/mol. The number of carbonyl (C=O) groups is 2. The van der Waals surface area contributed by atoms with Gasteiger partial charge in [-0.2, -0.15) is 0 Å². The fraction of sp³-hybridized carbons (Fsp3) is 0.269. The molecule has 2 aromatic carbocycles. The number of esters is 1. The molecule has 1 N–H and O–H groups in total. The minimum absolute atomic E-state index is 0.0530. The van der Waals surface area contributed by atoms with Crippen molar-refractivity contribution in [1.82, 2.24) is 10.2 Å². The van der Waals surface area contributed by atoms with E-state index in [1.54, 1.807) is 0 Å². The summed E-state index contributed by atoms with van der Waals surface area (Å²) in [5.74, 6) is -0.472. The third-order valence-corrected chi connectivity index (χ3v) is 6.23. The molecule has 7 heteroatoms. The van der Waals surface area contributed by atoms with Gasteiger partial charge >= 0.3 is 5.97 Å². The van der Waals surface area contributed by atoms with Gasteiger partial charge in [-0.15, -0.1) is 0 Å². The molecule has 1 unspecified atom stereocenters. The largest absolute Gasteiger partial charge is 0.457 e. The van der Waals surface area contributed by atoms with Crippen molar-refractivity contribution in [2.45, 2.75) is 45.9 Å². The van der Waals surface area contributed by atoms with Crippen LogP contribution in [0.2, 0.25) is 0 Å². The van der Waals surface area contributed by atoms with Crippen LogP contribution in [-0.2, 0) is 20.9 Å². The summed E-state index contributed by atoms with van der Waals surface area (Å²) in [5, 5.41) is 5.64. The second kappa shape index (κ2) is 10.1. The van der Waals surface area contributed by atoms with Crippen molar-refractivity contribution in [3.05, 3.63) is 94.2 Å². The molecule has 2 heterocycles. The van der Waals surface area contributed by atoms with E-state index in [-0.39, 0.29) is 25.0 Å². The molecule has 1 amide bonds. The van der Waals surface area contributed by atoms with Crippen LogP contribution in [0.4, 0.5) is 0 Å². The lowest BCUT2D eigenvalue weighted by Gasteiger charge is -2.36. The van der Waals surface area contributed by atoms with Gasteiger partial charge in [-0.25, -0.2) is 9.79 Å². The van der Waals surface area contributed by atoms with Crippen LogP contribution in [0.1, 0.15) is 44.4 Å². The van der Waals surface area contributed by atoms with Crippen LogP contribution in [0.5, 0.6) is 0 Å². The van der Waals surface area contributed by atoms with Crippen molar-refractivity contribution < 1.29 is 14.3 Å². The SMILES string of the molecule is CC1=C(C(=O)OCc2ccccc2)C(c2ccccc2)N2C(CC(=O)NC(C)C)=CSC2=N1. The van der Waals surface area contributed by atoms with Crippen molar-refractivity contribution >= 4 is 28.8 Å². The number of aliphatic imine (C=N–C) groups is 1. The molecule has 0 saturated heterocycles. The molecular weight excluding hydrogens is 434 g/mol. The number of ether oxygens (including phenoxy) is 1. The van der Waals surface area contributed by atoms with E-state index < -0.39 is 12.0 Å². The predicted octanol–water partition coefficient (Wildman–Crippen LogP) is 4.92. The molecule has 2 aliphatic heterocycles. The molecule has 0 fully saturated rings. The van der Waals surface area contributed by atoms with Crippen LogP contribution in [0.15, 0.2) is 88.0 Å². The summed E-state index contributed by atoms with van der Waals surface area (Å²) >= 11 is 1.47. The maximum absolute atomic E-state index is 13.3. The highest BCUT2D eigenvalue weighted by molar-refractivity contribution is 8.16. The van der Waals surface area contributed by atoms with E-state index in [0.717, 1.165) is 22.0 Å². The van der Waals surface area contributed by atoms with Crippen molar-refractivity contribution in [1.29, 1.82) is 0 Å². The molecule has 2 aliphatic rings. The van der Waals surface area contributed by atoms with Gasteiger partial charge in [-0.05, 0) is 37.3 Å². The van der Waals surface area contributed by atoms with E-state index >= 15 is 0 Å². The second-order valence-electron chi connectivity index (χ2n) is 8.26. The summed E-state index contributed by atoms with van der Waals surface area (Å²) in [4.78, 5) is 32.6. The number of hydrogen-bond donors (Lipinski definition) is 1. The van der Waals surface area contributed by atoms with E-state index in [9.17, 15) is 9.59 Å². The summed E-state index contributed by atoms with van der Waals surface area (Å²) in [6.07, 6.45) is 0.207. The second-order valence-corrected chi connectivity index (χ2v) is 9.10. The number of carbonyl (C=O) groups excluding carboxylic acids is 2. The molecule has 2 aromatic rings. The normalized spacial score (nSPS) is 17.5. The summed E-state index contributed by atoms with van der Waals surface area (Å²) in [6.45, 7) is 5.89. The van der Waals surface area contributed by atoms with Crippen molar-refractivity contribution in [2.24, 2.45) is 4.99 Å². The maximum Gasteiger partial charge on any atom is 0.338 e. The lowest BCUT2D eigenvalue weighted by molar-refractivity contribution is -0.141. The summed E-state index contributed by atoms with van der Waals surface area (Å²) in [6, 6.07) is 19.0. The maximum atomic E-state index is 13.3. The molecule has 4 rings (SSSR count). The smallest absolute Gasteiger partial charge is 0.338 e. The Morgan fingerprint density at radius 2 is 1.76 bits per heavy atom. The Balaban J connectivity index is 1.65. The fourth-order valence-electron chi connectivity index (χ4n) is 3.92. The summed E-state index contributed by atoms with van der Waals surface area (Å²) < 4.78 is 5.71. The first-order valence-corrected chi connectivity index (χ1v) is 11.8. The zero-order chi connectivity index (χ0) is 23.4. The highest BCUT2D eigenvalue weighted by Crippen LogP contribution is 2.44. The van der Waals surface area contributed by atoms with Gasteiger partial charge in [0.1, 0.15) is 6.61 Å². The molecule has 170 valence electrons. The number of amides is 1. The summed E-state index contributed by atoms with van der Waals surface area (Å²) in [7, 11) is 0. The van der Waals surface area contributed by atoms with Gasteiger partial charge in [-0.3, -0.25) is 4.79 Å². The molecule has 0 aliphatic carbocycles. The number of nitrogens with one attached hydrogen (secondary N) is 1. The summed E-state index contributed by atoms with van der Waals surface area (Å²) in [5.41, 5.74) is 3.78. The molecule has 0 bridgehead atoms. The average Bonchev–Trinajstić information content (AvgIpc) is 3.19. The van der Waals surface area contributed by atoms with Crippen molar-refractivity contribution in [2.75, 3.05) is 0 Å². The van der Waals surface area contributed by atoms with Gasteiger partial charge in [0, 0.05) is 11.7 Å². The Morgan fingerprint density at radius 1 is 1.09 bits per heavy atom. The van der Waals surface area contributed by atoms with Gasteiger partial charge < -0.3 is 15.0 Å². The molecule has 0 spiro atoms. The minimum Gasteiger partial charge on any atom is -0.457 e. The number of fused-ring (bicyclic) bond motifs is 1. The number of hydrogen-bond acceptors (Lipinski definition) is 6. The monoisotopic (exact) mass is 461 g/mol. The van der Waals surface area contributed by atoms with Crippen LogP contribution in [0.3, 0.4) is 0 Å². The van der Waals surface area contributed by atoms with E-state index in [1.165, 1.54) is 11.8 Å². The van der Waals surface area contributed by atoms with Gasteiger partial charge in [0.2, 0.25) is 5.91 Å². The molecule has 0 aromatic heterocycles. The van der Waals surface area contributed by atoms with Crippen molar-refractivity contribution in [3.63, 3.8) is 0 Å². The first-order chi connectivity index (χ1) is 15.9. The van der Waals surface area contributed by atoms with Gasteiger partial charge in [0.05, 0.1) is 23.7 Å². The van der Waals surface area contributed by atoms with Crippen LogP contribution in [0.25, 0.3) is 0 Å². The molecular formula is C26H27N3O3S. The molecule has 6 nitrogen and oxygen atoms in total. The molecule has 33 heavy (non-hydrogen) atoms. The standard InChI is InChI=1S/C26H27N3O3S/c1-17(2)27-22(30)14-21-16-33-26-28-18(3)23(24(29(21)26)20-12-8-5-9-13-20)25(31)32-15-19-10-6-4-7-11-19/h4-13,16-17,24H,14-15H2,1-3H3,(H,27,30). The van der Waals surface area contributed by atoms with Crippen molar-refractivity contribution in [3.8, 4) is 0 Å². The molecule has 0 saturated carbocycles. The highest BCUT2D eigenvalue weighted by Gasteiger charge is 2.41.